The first-order valence-corrected chi connectivity index (χ1v) is 12.9. The molecule has 2 amide bonds. The summed E-state index contributed by atoms with van der Waals surface area (Å²) < 4.78 is 26.0. The molecule has 1 atom stereocenters. The number of anilines is 1. The van der Waals surface area contributed by atoms with E-state index >= 15 is 0 Å². The number of nitrogens with zero attached hydrogens (tertiary/aromatic N) is 2. The van der Waals surface area contributed by atoms with Crippen LogP contribution in [0.5, 0.6) is 0 Å². The lowest BCUT2D eigenvalue weighted by Gasteiger charge is -2.33. The topological polar surface area (TPSA) is 86.8 Å². The molecule has 180 valence electrons. The molecule has 1 unspecified atom stereocenters. The molecule has 0 aliphatic rings. The van der Waals surface area contributed by atoms with Crippen molar-refractivity contribution in [1.29, 1.82) is 0 Å². The molecule has 0 fully saturated rings. The molecule has 0 bridgehead atoms. The highest BCUT2D eigenvalue weighted by Gasteiger charge is 2.31. The van der Waals surface area contributed by atoms with Gasteiger partial charge in [0.25, 0.3) is 0 Å². The Morgan fingerprint density at radius 3 is 2.15 bits per heavy atom. The van der Waals surface area contributed by atoms with Crippen LogP contribution in [0.4, 0.5) is 5.69 Å². The lowest BCUT2D eigenvalue weighted by atomic mass is 10.1. The first-order valence-electron chi connectivity index (χ1n) is 10.3. The Hall–Kier alpha value is -2.29. The maximum Gasteiger partial charge on any atom is 0.244 e. The summed E-state index contributed by atoms with van der Waals surface area (Å²) in [6.07, 6.45) is 1.00. The third kappa shape index (κ3) is 7.91. The van der Waals surface area contributed by atoms with Crippen LogP contribution in [-0.4, -0.2) is 49.5 Å². The van der Waals surface area contributed by atoms with Gasteiger partial charge >= 0.3 is 0 Å². The van der Waals surface area contributed by atoms with Gasteiger partial charge in [-0.25, -0.2) is 8.42 Å². The summed E-state index contributed by atoms with van der Waals surface area (Å²) >= 11 is 12.0. The average Bonchev–Trinajstić information content (AvgIpc) is 2.70. The van der Waals surface area contributed by atoms with Gasteiger partial charge < -0.3 is 10.2 Å². The Kier molecular flexibility index (Phi) is 8.79. The second kappa shape index (κ2) is 10.8. The van der Waals surface area contributed by atoms with Crippen molar-refractivity contribution in [2.24, 2.45) is 0 Å². The lowest BCUT2D eigenvalue weighted by molar-refractivity contribution is -0.140. The van der Waals surface area contributed by atoms with E-state index in [2.05, 4.69) is 5.32 Å². The van der Waals surface area contributed by atoms with Crippen LogP contribution in [0.25, 0.3) is 0 Å². The first kappa shape index (κ1) is 27.0. The highest BCUT2D eigenvalue weighted by molar-refractivity contribution is 7.92. The molecular weight excluding hydrogens is 485 g/mol. The third-order valence-electron chi connectivity index (χ3n) is 4.73. The van der Waals surface area contributed by atoms with Gasteiger partial charge in [0.2, 0.25) is 21.8 Å². The van der Waals surface area contributed by atoms with Crippen LogP contribution in [0.15, 0.2) is 48.5 Å². The minimum atomic E-state index is -3.84. The average molecular weight is 514 g/mol. The van der Waals surface area contributed by atoms with E-state index in [-0.39, 0.29) is 28.2 Å². The summed E-state index contributed by atoms with van der Waals surface area (Å²) in [6, 6.07) is 12.7. The van der Waals surface area contributed by atoms with E-state index in [9.17, 15) is 18.0 Å². The predicted octanol–water partition coefficient (Wildman–Crippen LogP) is 4.09. The maximum absolute atomic E-state index is 13.4. The first-order chi connectivity index (χ1) is 15.2. The molecule has 33 heavy (non-hydrogen) atoms. The van der Waals surface area contributed by atoms with Crippen LogP contribution in [0.3, 0.4) is 0 Å². The third-order valence-corrected chi connectivity index (χ3v) is 6.61. The van der Waals surface area contributed by atoms with Crippen molar-refractivity contribution in [3.05, 3.63) is 64.1 Å². The van der Waals surface area contributed by atoms with E-state index in [0.717, 1.165) is 16.1 Å². The fourth-order valence-electron chi connectivity index (χ4n) is 3.09. The van der Waals surface area contributed by atoms with Gasteiger partial charge in [0.05, 0.1) is 22.0 Å². The van der Waals surface area contributed by atoms with Crippen LogP contribution in [0.1, 0.15) is 33.3 Å². The van der Waals surface area contributed by atoms with Gasteiger partial charge in [0.15, 0.2) is 0 Å². The van der Waals surface area contributed by atoms with Gasteiger partial charge in [-0.05, 0) is 51.5 Å². The van der Waals surface area contributed by atoms with Crippen molar-refractivity contribution in [2.45, 2.75) is 45.8 Å². The van der Waals surface area contributed by atoms with Crippen molar-refractivity contribution in [3.63, 3.8) is 0 Å². The summed E-state index contributed by atoms with van der Waals surface area (Å²) in [5.41, 5.74) is 0.513. The minimum Gasteiger partial charge on any atom is -0.350 e. The standard InChI is InChI=1S/C23H29Cl2N3O4S/c1-16(22(30)26-23(2,3)4)27(14-17-9-7-6-8-10-17)21(29)15-28(33(5,31)32)18-11-12-19(24)20(25)13-18/h6-13,16H,14-15H2,1-5H3,(H,26,30). The monoisotopic (exact) mass is 513 g/mol. The van der Waals surface area contributed by atoms with E-state index in [1.165, 1.54) is 23.1 Å². The summed E-state index contributed by atoms with van der Waals surface area (Å²) in [6.45, 7) is 6.78. The quantitative estimate of drug-likeness (QED) is 0.575. The number of amides is 2. The SMILES string of the molecule is CC(C(=O)NC(C)(C)C)N(Cc1ccccc1)C(=O)CN(c1ccc(Cl)c(Cl)c1)S(C)(=O)=O. The molecule has 10 heteroatoms. The van der Waals surface area contributed by atoms with Gasteiger partial charge in [0.1, 0.15) is 12.6 Å². The maximum atomic E-state index is 13.4. The number of rotatable bonds is 8. The molecule has 1 N–H and O–H groups in total. The predicted molar refractivity (Wildman–Crippen MR) is 133 cm³/mol. The highest BCUT2D eigenvalue weighted by atomic mass is 35.5. The van der Waals surface area contributed by atoms with E-state index in [1.807, 2.05) is 51.1 Å². The van der Waals surface area contributed by atoms with Crippen LogP contribution in [0.2, 0.25) is 10.0 Å². The Morgan fingerprint density at radius 1 is 1.03 bits per heavy atom. The molecule has 7 nitrogen and oxygen atoms in total. The number of nitrogens with one attached hydrogen (secondary N) is 1. The number of hydrogen-bond acceptors (Lipinski definition) is 4. The largest absolute Gasteiger partial charge is 0.350 e. The molecule has 0 aromatic heterocycles. The Bertz CT molecular complexity index is 1100. The van der Waals surface area contributed by atoms with E-state index in [0.29, 0.717) is 0 Å². The van der Waals surface area contributed by atoms with Crippen LogP contribution in [-0.2, 0) is 26.2 Å². The van der Waals surface area contributed by atoms with Crippen LogP contribution >= 0.6 is 23.2 Å². The summed E-state index contributed by atoms with van der Waals surface area (Å²) in [7, 11) is -3.84. The number of carbonyl (C=O) groups excluding carboxylic acids is 2. The molecule has 0 saturated carbocycles. The van der Waals surface area contributed by atoms with Gasteiger partial charge in [-0.15, -0.1) is 0 Å². The zero-order valence-corrected chi connectivity index (χ0v) is 21.6. The number of carbonyl (C=O) groups is 2. The fraction of sp³-hybridized carbons (Fsp3) is 0.391. The second-order valence-corrected chi connectivity index (χ2v) is 11.5. The second-order valence-electron chi connectivity index (χ2n) is 8.79. The van der Waals surface area contributed by atoms with E-state index in [1.54, 1.807) is 6.92 Å². The lowest BCUT2D eigenvalue weighted by Crippen LogP contribution is -2.54. The van der Waals surface area contributed by atoms with Gasteiger partial charge in [-0.3, -0.25) is 13.9 Å². The van der Waals surface area contributed by atoms with Crippen molar-refractivity contribution < 1.29 is 18.0 Å². The molecule has 0 heterocycles. The molecule has 0 radical (unpaired) electrons. The smallest absolute Gasteiger partial charge is 0.244 e. The summed E-state index contributed by atoms with van der Waals surface area (Å²) in [5.74, 6) is -0.876. The van der Waals surface area contributed by atoms with E-state index in [4.69, 9.17) is 23.2 Å². The normalized spacial score (nSPS) is 12.7. The fourth-order valence-corrected chi connectivity index (χ4v) is 4.22. The Balaban J connectivity index is 2.40. The number of halogens is 2. The number of benzene rings is 2. The number of hydrogen-bond donors (Lipinski definition) is 1. The summed E-state index contributed by atoms with van der Waals surface area (Å²) in [4.78, 5) is 27.6. The molecular formula is C23H29Cl2N3O4S. The van der Waals surface area contributed by atoms with Gasteiger partial charge in [-0.1, -0.05) is 53.5 Å². The van der Waals surface area contributed by atoms with Gasteiger partial charge in [0, 0.05) is 12.1 Å². The molecule has 2 rings (SSSR count). The molecule has 2 aromatic carbocycles. The highest BCUT2D eigenvalue weighted by Crippen LogP contribution is 2.28. The van der Waals surface area contributed by atoms with Crippen LogP contribution < -0.4 is 9.62 Å². The molecule has 0 aliphatic heterocycles. The minimum absolute atomic E-state index is 0.136. The van der Waals surface area contributed by atoms with Crippen molar-refractivity contribution in [3.8, 4) is 0 Å². The van der Waals surface area contributed by atoms with Crippen LogP contribution in [0, 0.1) is 0 Å². The van der Waals surface area contributed by atoms with Crippen molar-refractivity contribution in [1.82, 2.24) is 10.2 Å². The van der Waals surface area contributed by atoms with E-state index < -0.39 is 34.1 Å². The Labute approximate surface area is 205 Å². The molecule has 0 aliphatic carbocycles. The zero-order chi connectivity index (χ0) is 25.0. The molecule has 0 saturated heterocycles. The summed E-state index contributed by atoms with van der Waals surface area (Å²) in [5, 5.41) is 3.30. The molecule has 2 aromatic rings. The van der Waals surface area contributed by atoms with Gasteiger partial charge in [-0.2, -0.15) is 0 Å². The molecule has 0 spiro atoms. The van der Waals surface area contributed by atoms with Crippen molar-refractivity contribution >= 4 is 50.7 Å². The number of sulfonamides is 1. The Morgan fingerprint density at radius 2 is 1.64 bits per heavy atom. The zero-order valence-electron chi connectivity index (χ0n) is 19.3. The van der Waals surface area contributed by atoms with Crippen molar-refractivity contribution in [2.75, 3.05) is 17.1 Å².